The molecular weight excluding hydrogens is 231 g/mol. The monoisotopic (exact) mass is 241 g/mol. The van der Waals surface area contributed by atoms with Gasteiger partial charge in [0.1, 0.15) is 0 Å². The van der Waals surface area contributed by atoms with Crippen LogP contribution in [0, 0.1) is 0 Å². The molecule has 0 rings (SSSR count). The Labute approximate surface area is 65.5 Å². The van der Waals surface area contributed by atoms with Gasteiger partial charge in [0, 0.05) is 0 Å². The first-order valence-corrected chi connectivity index (χ1v) is 6.87. The Morgan fingerprint density at radius 2 is 2.25 bits per heavy atom. The van der Waals surface area contributed by atoms with Crippen LogP contribution >= 0.6 is 8.95 Å². The molecule has 0 atom stereocenters. The average molecular weight is 240 g/mol. The third-order valence-corrected chi connectivity index (χ3v) is 2.68. The summed E-state index contributed by atoms with van der Waals surface area (Å²) in [7, 11) is 1.84. The van der Waals surface area contributed by atoms with Gasteiger partial charge in [-0.3, -0.25) is 0 Å². The molecule has 0 aromatic rings. The van der Waals surface area contributed by atoms with Crippen LogP contribution in [0.3, 0.4) is 0 Å². The first-order chi connectivity index (χ1) is 3.91. The minimum atomic E-state index is 0.141. The second kappa shape index (κ2) is 8.07. The predicted molar refractivity (Wildman–Crippen MR) is 36.1 cm³/mol. The van der Waals surface area contributed by atoms with Crippen LogP contribution in [0.2, 0.25) is 0 Å². The van der Waals surface area contributed by atoms with Gasteiger partial charge >= 0.3 is 65.5 Å². The molecule has 0 fully saturated rings. The number of rotatable bonds is 5. The Morgan fingerprint density at radius 1 is 1.50 bits per heavy atom. The van der Waals surface area contributed by atoms with Crippen molar-refractivity contribution >= 4 is 30.1 Å². The summed E-state index contributed by atoms with van der Waals surface area (Å²) in [5.74, 6) is 1.05. The molecule has 8 heavy (non-hydrogen) atoms. The van der Waals surface area contributed by atoms with E-state index in [1.165, 1.54) is 21.1 Å². The summed E-state index contributed by atoms with van der Waals surface area (Å²) in [5.41, 5.74) is 0. The van der Waals surface area contributed by atoms with Gasteiger partial charge in [-0.25, -0.2) is 0 Å². The van der Waals surface area contributed by atoms with Crippen LogP contribution < -0.4 is 0 Å². The van der Waals surface area contributed by atoms with E-state index < -0.39 is 0 Å². The van der Waals surface area contributed by atoms with E-state index in [-0.39, 0.29) is 6.61 Å². The third kappa shape index (κ3) is 7.07. The summed E-state index contributed by atoms with van der Waals surface area (Å²) < 4.78 is 4.97. The molecule has 0 aliphatic heterocycles. The molecule has 0 aliphatic carbocycles. The van der Waals surface area contributed by atoms with Crippen molar-refractivity contribution in [3.05, 3.63) is 0 Å². The van der Waals surface area contributed by atoms with Crippen LogP contribution in [0.1, 0.15) is 0 Å². The van der Waals surface area contributed by atoms with E-state index in [1.807, 2.05) is 8.95 Å². The van der Waals surface area contributed by atoms with Crippen molar-refractivity contribution in [2.24, 2.45) is 0 Å². The van der Waals surface area contributed by atoms with Gasteiger partial charge in [0.25, 0.3) is 0 Å². The molecule has 0 spiro atoms. The van der Waals surface area contributed by atoms with Crippen LogP contribution in [-0.2, 0) is 4.74 Å². The molecule has 0 bridgehead atoms. The SMILES string of the molecule is OCCOCC[S][Sn]. The zero-order valence-electron chi connectivity index (χ0n) is 4.59. The summed E-state index contributed by atoms with van der Waals surface area (Å²) in [6.45, 7) is 1.40. The molecule has 0 heterocycles. The van der Waals surface area contributed by atoms with E-state index in [9.17, 15) is 0 Å². The average Bonchev–Trinajstić information content (AvgIpc) is 1.81. The van der Waals surface area contributed by atoms with Crippen molar-refractivity contribution in [1.29, 1.82) is 0 Å². The van der Waals surface area contributed by atoms with E-state index >= 15 is 0 Å². The van der Waals surface area contributed by atoms with Gasteiger partial charge in [-0.2, -0.15) is 0 Å². The maximum atomic E-state index is 8.24. The predicted octanol–water partition coefficient (Wildman–Crippen LogP) is -0.188. The molecule has 0 aromatic carbocycles. The molecule has 0 aliphatic rings. The van der Waals surface area contributed by atoms with Gasteiger partial charge in [0.05, 0.1) is 0 Å². The molecule has 2 nitrogen and oxygen atoms in total. The number of aliphatic hydroxyl groups excluding tert-OH is 1. The van der Waals surface area contributed by atoms with Gasteiger partial charge in [-0.1, -0.05) is 0 Å². The zero-order valence-corrected chi connectivity index (χ0v) is 8.26. The summed E-state index contributed by atoms with van der Waals surface area (Å²) in [6.07, 6.45) is 0. The van der Waals surface area contributed by atoms with E-state index in [0.29, 0.717) is 6.61 Å². The van der Waals surface area contributed by atoms with Crippen molar-refractivity contribution in [3.63, 3.8) is 0 Å². The summed E-state index contributed by atoms with van der Waals surface area (Å²) in [4.78, 5) is 0. The molecule has 47 valence electrons. The maximum absolute atomic E-state index is 8.24. The summed E-state index contributed by atoms with van der Waals surface area (Å²) in [5, 5.41) is 8.24. The van der Waals surface area contributed by atoms with E-state index in [1.54, 1.807) is 0 Å². The molecule has 0 aromatic heterocycles. The molecular formula is C4H9O2SSn. The standard InChI is InChI=1S/C4H10O2S.Sn/c5-1-2-6-3-4-7;/h5,7H,1-4H2;/q;+1/p-1. The Bertz CT molecular complexity index is 39.0. The Morgan fingerprint density at radius 3 is 2.75 bits per heavy atom. The summed E-state index contributed by atoms with van der Waals surface area (Å²) >= 11 is 1.48. The van der Waals surface area contributed by atoms with Crippen LogP contribution in [-0.4, -0.2) is 51.8 Å². The van der Waals surface area contributed by atoms with Crippen LogP contribution in [0.5, 0.6) is 0 Å². The Balaban J connectivity index is 2.53. The normalized spacial score (nSPS) is 9.75. The van der Waals surface area contributed by atoms with Gasteiger partial charge in [-0.15, -0.1) is 0 Å². The molecule has 0 unspecified atom stereocenters. The van der Waals surface area contributed by atoms with Gasteiger partial charge in [0.2, 0.25) is 0 Å². The van der Waals surface area contributed by atoms with Crippen LogP contribution in [0.25, 0.3) is 0 Å². The van der Waals surface area contributed by atoms with E-state index in [2.05, 4.69) is 0 Å². The van der Waals surface area contributed by atoms with Crippen molar-refractivity contribution in [1.82, 2.24) is 0 Å². The molecule has 0 saturated heterocycles. The molecule has 3 radical (unpaired) electrons. The number of aliphatic hydroxyl groups is 1. The third-order valence-electron chi connectivity index (χ3n) is 0.565. The van der Waals surface area contributed by atoms with Crippen molar-refractivity contribution < 1.29 is 9.84 Å². The molecule has 0 saturated carbocycles. The fourth-order valence-corrected chi connectivity index (χ4v) is 1.18. The second-order valence-electron chi connectivity index (χ2n) is 1.18. The minimum absolute atomic E-state index is 0.141. The first-order valence-electron chi connectivity index (χ1n) is 2.39. The topological polar surface area (TPSA) is 29.5 Å². The zero-order chi connectivity index (χ0) is 6.24. The van der Waals surface area contributed by atoms with Gasteiger partial charge < -0.3 is 0 Å². The van der Waals surface area contributed by atoms with Crippen molar-refractivity contribution in [3.8, 4) is 0 Å². The quantitative estimate of drug-likeness (QED) is 0.533. The molecule has 4 heteroatoms. The van der Waals surface area contributed by atoms with Gasteiger partial charge in [-0.05, 0) is 0 Å². The second-order valence-corrected chi connectivity index (χ2v) is 4.35. The van der Waals surface area contributed by atoms with Gasteiger partial charge in [0.15, 0.2) is 0 Å². The molecule has 1 N–H and O–H groups in total. The van der Waals surface area contributed by atoms with Crippen LogP contribution in [0.4, 0.5) is 0 Å². The summed E-state index contributed by atoms with van der Waals surface area (Å²) in [6, 6.07) is 0. The van der Waals surface area contributed by atoms with E-state index in [0.717, 1.165) is 12.4 Å². The Kier molecular flexibility index (Phi) is 9.15. The van der Waals surface area contributed by atoms with Crippen molar-refractivity contribution in [2.45, 2.75) is 0 Å². The number of hydrogen-bond donors (Lipinski definition) is 1. The number of ether oxygens (including phenoxy) is 1. The first kappa shape index (κ1) is 9.07. The van der Waals surface area contributed by atoms with Crippen LogP contribution in [0.15, 0.2) is 0 Å². The Hall–Kier alpha value is 1.07. The van der Waals surface area contributed by atoms with Crippen molar-refractivity contribution in [2.75, 3.05) is 25.6 Å². The fourth-order valence-electron chi connectivity index (χ4n) is 0.267. The molecule has 0 amide bonds. The number of hydrogen-bond acceptors (Lipinski definition) is 3. The van der Waals surface area contributed by atoms with E-state index in [4.69, 9.17) is 9.84 Å². The fraction of sp³-hybridized carbons (Fsp3) is 1.00.